The molecule has 2 amide bonds. The maximum absolute atomic E-state index is 13.7. The third-order valence-electron chi connectivity index (χ3n) is 4.83. The van der Waals surface area contributed by atoms with Gasteiger partial charge in [-0.25, -0.2) is 4.39 Å². The Morgan fingerprint density at radius 3 is 2.43 bits per heavy atom. The Balaban J connectivity index is 1.54. The molecule has 2 aliphatic heterocycles. The van der Waals surface area contributed by atoms with E-state index in [1.54, 1.807) is 17.0 Å². The number of amides is 2. The molecule has 2 fully saturated rings. The summed E-state index contributed by atoms with van der Waals surface area (Å²) in [5, 5.41) is 0. The van der Waals surface area contributed by atoms with Gasteiger partial charge in [-0.15, -0.1) is 0 Å². The molecule has 0 N–H and O–H groups in total. The Morgan fingerprint density at radius 1 is 1.13 bits per heavy atom. The van der Waals surface area contributed by atoms with Gasteiger partial charge in [0.15, 0.2) is 0 Å². The number of halogens is 1. The molecule has 5 nitrogen and oxygen atoms in total. The smallest absolute Gasteiger partial charge is 0.256 e. The number of carbonyl (C=O) groups excluding carboxylic acids is 2. The molecule has 2 aliphatic rings. The summed E-state index contributed by atoms with van der Waals surface area (Å²) in [6, 6.07) is 6.37. The first-order valence-corrected chi connectivity index (χ1v) is 7.96. The molecule has 2 heterocycles. The fourth-order valence-electron chi connectivity index (χ4n) is 3.23. The highest BCUT2D eigenvalue weighted by Crippen LogP contribution is 2.24. The minimum Gasteiger partial charge on any atom is -0.341 e. The van der Waals surface area contributed by atoms with Crippen LogP contribution in [0.15, 0.2) is 24.3 Å². The zero-order valence-corrected chi connectivity index (χ0v) is 13.5. The first kappa shape index (κ1) is 15.9. The van der Waals surface area contributed by atoms with Gasteiger partial charge in [-0.05, 0) is 32.6 Å². The summed E-state index contributed by atoms with van der Waals surface area (Å²) >= 11 is 0. The largest absolute Gasteiger partial charge is 0.341 e. The van der Waals surface area contributed by atoms with Crippen molar-refractivity contribution in [1.82, 2.24) is 14.7 Å². The second kappa shape index (κ2) is 6.28. The fourth-order valence-corrected chi connectivity index (χ4v) is 3.23. The molecule has 6 heteroatoms. The van der Waals surface area contributed by atoms with Crippen LogP contribution in [-0.4, -0.2) is 72.8 Å². The van der Waals surface area contributed by atoms with Gasteiger partial charge in [0.2, 0.25) is 5.91 Å². The number of rotatable bonds is 3. The lowest BCUT2D eigenvalue weighted by atomic mass is 9.97. The first-order valence-electron chi connectivity index (χ1n) is 7.96. The number of carbonyl (C=O) groups is 2. The van der Waals surface area contributed by atoms with Gasteiger partial charge in [-0.2, -0.15) is 0 Å². The van der Waals surface area contributed by atoms with Gasteiger partial charge in [0.1, 0.15) is 5.82 Å². The number of hydrogen-bond acceptors (Lipinski definition) is 3. The molecule has 0 radical (unpaired) electrons. The molecule has 1 aromatic carbocycles. The van der Waals surface area contributed by atoms with Gasteiger partial charge in [-0.1, -0.05) is 12.1 Å². The van der Waals surface area contributed by atoms with E-state index < -0.39 is 5.82 Å². The molecule has 0 aliphatic carbocycles. The normalized spacial score (nSPS) is 21.7. The second-order valence-electron chi connectivity index (χ2n) is 6.58. The molecule has 0 unspecified atom stereocenters. The van der Waals surface area contributed by atoms with E-state index in [1.807, 2.05) is 19.0 Å². The maximum Gasteiger partial charge on any atom is 0.256 e. The Kier molecular flexibility index (Phi) is 4.35. The van der Waals surface area contributed by atoms with E-state index in [0.717, 1.165) is 19.5 Å². The van der Waals surface area contributed by atoms with E-state index in [-0.39, 0.29) is 23.3 Å². The van der Waals surface area contributed by atoms with Gasteiger partial charge in [0.25, 0.3) is 5.91 Å². The van der Waals surface area contributed by atoms with Gasteiger partial charge in [0.05, 0.1) is 11.5 Å². The van der Waals surface area contributed by atoms with Crippen molar-refractivity contribution < 1.29 is 14.0 Å². The molecule has 0 spiro atoms. The molecule has 124 valence electrons. The lowest BCUT2D eigenvalue weighted by molar-refractivity contribution is -0.138. The van der Waals surface area contributed by atoms with Crippen LogP contribution in [0.5, 0.6) is 0 Å². The number of benzene rings is 1. The van der Waals surface area contributed by atoms with Gasteiger partial charge in [0, 0.05) is 32.2 Å². The Bertz CT molecular complexity index is 614. The predicted octanol–water partition coefficient (Wildman–Crippen LogP) is 1.06. The maximum atomic E-state index is 13.7. The topological polar surface area (TPSA) is 43.9 Å². The summed E-state index contributed by atoms with van der Waals surface area (Å²) < 4.78 is 13.7. The highest BCUT2D eigenvalue weighted by molar-refractivity contribution is 5.96. The van der Waals surface area contributed by atoms with E-state index in [9.17, 15) is 14.0 Å². The van der Waals surface area contributed by atoms with Crippen LogP contribution in [0.1, 0.15) is 16.8 Å². The van der Waals surface area contributed by atoms with Crippen LogP contribution in [0.3, 0.4) is 0 Å². The first-order chi connectivity index (χ1) is 11.0. The molecule has 0 aromatic heterocycles. The average molecular weight is 319 g/mol. The summed E-state index contributed by atoms with van der Waals surface area (Å²) in [5.41, 5.74) is 0.0762. The molecule has 0 bridgehead atoms. The van der Waals surface area contributed by atoms with Gasteiger partial charge in [-0.3, -0.25) is 9.59 Å². The summed E-state index contributed by atoms with van der Waals surface area (Å²) in [6.45, 7) is 2.30. The molecule has 23 heavy (non-hydrogen) atoms. The zero-order valence-electron chi connectivity index (χ0n) is 13.5. The number of hydrogen-bond donors (Lipinski definition) is 0. The second-order valence-corrected chi connectivity index (χ2v) is 6.58. The van der Waals surface area contributed by atoms with E-state index in [2.05, 4.69) is 4.90 Å². The lowest BCUT2D eigenvalue weighted by Crippen LogP contribution is -2.56. The van der Waals surface area contributed by atoms with Crippen molar-refractivity contribution in [2.75, 3.05) is 40.3 Å². The number of likely N-dealkylation sites (tertiary alicyclic amines) is 2. The quantitative estimate of drug-likeness (QED) is 0.837. The van der Waals surface area contributed by atoms with Crippen LogP contribution in [0.25, 0.3) is 0 Å². The van der Waals surface area contributed by atoms with E-state index in [0.29, 0.717) is 19.1 Å². The summed E-state index contributed by atoms with van der Waals surface area (Å²) in [6.07, 6.45) is 0.989. The SMILES string of the molecule is CN(C)[C@H]1CCN(C(=O)C2CN(C(=O)c3ccccc3F)C2)C1. The minimum absolute atomic E-state index is 0.0762. The van der Waals surface area contributed by atoms with Crippen LogP contribution < -0.4 is 0 Å². The fraction of sp³-hybridized carbons (Fsp3) is 0.529. The van der Waals surface area contributed by atoms with E-state index >= 15 is 0 Å². The monoisotopic (exact) mass is 319 g/mol. The van der Waals surface area contributed by atoms with Gasteiger partial charge < -0.3 is 14.7 Å². The Labute approximate surface area is 135 Å². The lowest BCUT2D eigenvalue weighted by Gasteiger charge is -2.40. The average Bonchev–Trinajstić information content (AvgIpc) is 2.96. The van der Waals surface area contributed by atoms with Crippen LogP contribution in [-0.2, 0) is 4.79 Å². The van der Waals surface area contributed by atoms with E-state index in [4.69, 9.17) is 0 Å². The van der Waals surface area contributed by atoms with Gasteiger partial charge >= 0.3 is 0 Å². The molecule has 3 rings (SSSR count). The molecule has 0 saturated carbocycles. The van der Waals surface area contributed by atoms with Crippen LogP contribution in [0, 0.1) is 11.7 Å². The summed E-state index contributed by atoms with van der Waals surface area (Å²) in [5.74, 6) is -0.876. The third kappa shape index (κ3) is 3.08. The summed E-state index contributed by atoms with van der Waals surface area (Å²) in [7, 11) is 4.05. The molecular formula is C17H22FN3O2. The van der Waals surface area contributed by atoms with Crippen LogP contribution in [0.2, 0.25) is 0 Å². The Hall–Kier alpha value is -1.95. The predicted molar refractivity (Wildman–Crippen MR) is 84.5 cm³/mol. The van der Waals surface area contributed by atoms with Crippen molar-refractivity contribution in [3.63, 3.8) is 0 Å². The molecule has 2 saturated heterocycles. The van der Waals surface area contributed by atoms with Crippen LogP contribution >= 0.6 is 0 Å². The molecular weight excluding hydrogens is 297 g/mol. The van der Waals surface area contributed by atoms with E-state index in [1.165, 1.54) is 12.1 Å². The minimum atomic E-state index is -0.513. The van der Waals surface area contributed by atoms with Crippen LogP contribution in [0.4, 0.5) is 4.39 Å². The van der Waals surface area contributed by atoms with Crippen molar-refractivity contribution in [3.05, 3.63) is 35.6 Å². The van der Waals surface area contributed by atoms with Crippen molar-refractivity contribution in [3.8, 4) is 0 Å². The highest BCUT2D eigenvalue weighted by atomic mass is 19.1. The summed E-state index contributed by atoms with van der Waals surface area (Å²) in [4.78, 5) is 30.3. The highest BCUT2D eigenvalue weighted by Gasteiger charge is 2.40. The number of likely N-dealkylation sites (N-methyl/N-ethyl adjacent to an activating group) is 1. The third-order valence-corrected chi connectivity index (χ3v) is 4.83. The molecule has 1 atom stereocenters. The van der Waals surface area contributed by atoms with Crippen molar-refractivity contribution in [2.45, 2.75) is 12.5 Å². The zero-order chi connectivity index (χ0) is 16.6. The number of nitrogens with zero attached hydrogens (tertiary/aromatic N) is 3. The Morgan fingerprint density at radius 2 is 1.83 bits per heavy atom. The standard InChI is InChI=1S/C17H22FN3O2/c1-19(2)13-7-8-20(11-13)16(22)12-9-21(10-12)17(23)14-5-3-4-6-15(14)18/h3-6,12-13H,7-11H2,1-2H3/t13-/m0/s1. The molecule has 1 aromatic rings. The van der Waals surface area contributed by atoms with Crippen molar-refractivity contribution in [1.29, 1.82) is 0 Å². The van der Waals surface area contributed by atoms with Crippen molar-refractivity contribution in [2.24, 2.45) is 5.92 Å². The van der Waals surface area contributed by atoms with Crippen molar-refractivity contribution >= 4 is 11.8 Å².